The summed E-state index contributed by atoms with van der Waals surface area (Å²) in [5, 5.41) is 30.4. The highest BCUT2D eigenvalue weighted by atomic mass is 35.5. The number of aliphatic hydroxyl groups excluding tert-OH is 1. The Bertz CT molecular complexity index is 2230. The van der Waals surface area contributed by atoms with Crippen LogP contribution in [0.5, 0.6) is 5.75 Å². The summed E-state index contributed by atoms with van der Waals surface area (Å²) in [5.41, 5.74) is -1.71. The molecule has 19 heteroatoms. The van der Waals surface area contributed by atoms with Gasteiger partial charge in [-0.25, -0.2) is 4.98 Å². The third kappa shape index (κ3) is 6.29. The quantitative estimate of drug-likeness (QED) is 0.226. The number of carbonyl (C=O) groups excluding carboxylic acids is 2. The van der Waals surface area contributed by atoms with Crippen molar-refractivity contribution in [3.8, 4) is 17.1 Å². The first-order chi connectivity index (χ1) is 24.4. The molecule has 0 bridgehead atoms. The number of anilines is 1. The van der Waals surface area contributed by atoms with Crippen LogP contribution in [0.3, 0.4) is 0 Å². The molecule has 1 aromatic carbocycles. The first kappa shape index (κ1) is 34.1. The van der Waals surface area contributed by atoms with Gasteiger partial charge in [0.1, 0.15) is 17.9 Å². The highest BCUT2D eigenvalue weighted by Gasteiger charge is 2.46. The maximum Gasteiger partial charge on any atom is 0.416 e. The standard InChI is InChI=1S/C32H29ClF3N9O6/c33-20-14-19(32(34,35)36)3-4-21(20)39-24(48)17-44-22-5-13-51-31(6-9-42(10-7-31)29(50)26-23(47)2-1-8-37-26)25(22)28(49)45-30(44)40-27(41-45)18-15-38-43(16-18)11-12-46/h1-4,8,14-16,46-47H,5-7,9-13,17H2,(H,39,48). The minimum absolute atomic E-state index is 0.0209. The number of hydrogen-bond acceptors (Lipinski definition) is 10. The molecular weight excluding hydrogens is 699 g/mol. The van der Waals surface area contributed by atoms with E-state index >= 15 is 0 Å². The second-order valence-corrected chi connectivity index (χ2v) is 12.5. The zero-order chi connectivity index (χ0) is 36.1. The van der Waals surface area contributed by atoms with Gasteiger partial charge in [-0.15, -0.1) is 5.10 Å². The van der Waals surface area contributed by atoms with Crippen LogP contribution in [-0.4, -0.2) is 87.2 Å². The molecule has 1 fully saturated rings. The fraction of sp³-hybridized carbons (Fsp3) is 0.344. The van der Waals surface area contributed by atoms with Gasteiger partial charge in [0.2, 0.25) is 11.7 Å². The maximum atomic E-state index is 14.3. The number of nitrogens with one attached hydrogen (secondary N) is 1. The zero-order valence-corrected chi connectivity index (χ0v) is 27.4. The predicted octanol–water partition coefficient (Wildman–Crippen LogP) is 2.86. The highest BCUT2D eigenvalue weighted by molar-refractivity contribution is 6.33. The lowest BCUT2D eigenvalue weighted by atomic mass is 9.81. The Kier molecular flexibility index (Phi) is 8.76. The van der Waals surface area contributed by atoms with E-state index in [1.807, 2.05) is 0 Å². The lowest BCUT2D eigenvalue weighted by molar-refractivity contribution is -0.137. The SMILES string of the molecule is O=C(Cn1c2c(c(=O)n3nc(-c4cnn(CCO)c4)nc13)C1(CCN(C(=O)c3ncccc3O)CC1)OCC2)Nc1ccc(C(F)(F)F)cc1Cl. The molecule has 1 spiro atoms. The van der Waals surface area contributed by atoms with Crippen molar-refractivity contribution in [3.63, 3.8) is 0 Å². The topological polar surface area (TPSA) is 182 Å². The van der Waals surface area contributed by atoms with Crippen molar-refractivity contribution in [2.45, 2.75) is 44.1 Å². The van der Waals surface area contributed by atoms with Crippen molar-refractivity contribution in [3.05, 3.63) is 86.8 Å². The van der Waals surface area contributed by atoms with Gasteiger partial charge in [-0.2, -0.15) is 27.8 Å². The van der Waals surface area contributed by atoms with Gasteiger partial charge >= 0.3 is 6.18 Å². The largest absolute Gasteiger partial charge is 0.505 e. The van der Waals surface area contributed by atoms with E-state index in [4.69, 9.17) is 16.3 Å². The lowest BCUT2D eigenvalue weighted by Crippen LogP contribution is -2.52. The molecule has 0 radical (unpaired) electrons. The first-order valence-corrected chi connectivity index (χ1v) is 16.2. The van der Waals surface area contributed by atoms with Crippen LogP contribution in [0, 0.1) is 0 Å². The Hall–Kier alpha value is -5.33. The number of amides is 2. The fourth-order valence-corrected chi connectivity index (χ4v) is 6.76. The number of rotatable bonds is 7. The smallest absolute Gasteiger partial charge is 0.416 e. The second kappa shape index (κ2) is 13.1. The average molecular weight is 728 g/mol. The molecule has 0 aliphatic carbocycles. The maximum absolute atomic E-state index is 14.3. The van der Waals surface area contributed by atoms with Gasteiger partial charge in [0.25, 0.3) is 11.5 Å². The zero-order valence-electron chi connectivity index (χ0n) is 26.6. The van der Waals surface area contributed by atoms with Crippen molar-refractivity contribution >= 4 is 34.9 Å². The van der Waals surface area contributed by atoms with E-state index in [9.17, 15) is 37.8 Å². The van der Waals surface area contributed by atoms with E-state index < -0.39 is 41.3 Å². The summed E-state index contributed by atoms with van der Waals surface area (Å²) in [7, 11) is 0. The molecule has 0 unspecified atom stereocenters. The highest BCUT2D eigenvalue weighted by Crippen LogP contribution is 2.41. The van der Waals surface area contributed by atoms with E-state index in [2.05, 4.69) is 25.5 Å². The number of pyridine rings is 1. The molecule has 3 N–H and O–H groups in total. The molecule has 2 aliphatic heterocycles. The number of likely N-dealkylation sites (tertiary alicyclic amines) is 1. The van der Waals surface area contributed by atoms with E-state index in [-0.39, 0.29) is 91.4 Å². The minimum Gasteiger partial charge on any atom is -0.505 e. The van der Waals surface area contributed by atoms with Gasteiger partial charge in [0.05, 0.1) is 53.4 Å². The first-order valence-electron chi connectivity index (χ1n) is 15.8. The Morgan fingerprint density at radius 3 is 2.65 bits per heavy atom. The molecule has 7 rings (SSSR count). The molecule has 5 aromatic rings. The molecule has 6 heterocycles. The number of halogens is 4. The number of nitrogens with zero attached hydrogens (tertiary/aromatic N) is 8. The number of hydrogen-bond donors (Lipinski definition) is 3. The van der Waals surface area contributed by atoms with Crippen LogP contribution in [0.1, 0.15) is 40.2 Å². The van der Waals surface area contributed by atoms with Crippen molar-refractivity contribution < 1.29 is 37.7 Å². The normalized spacial score (nSPS) is 15.7. The monoisotopic (exact) mass is 727 g/mol. The molecule has 2 amide bonds. The van der Waals surface area contributed by atoms with Crippen molar-refractivity contribution in [2.24, 2.45) is 0 Å². The molecule has 1 saturated heterocycles. The number of fused-ring (bicyclic) bond motifs is 3. The number of alkyl halides is 3. The van der Waals surface area contributed by atoms with E-state index in [0.29, 0.717) is 17.3 Å². The number of aliphatic hydroxyl groups is 1. The average Bonchev–Trinajstić information content (AvgIpc) is 3.76. The number of aromatic nitrogens is 7. The summed E-state index contributed by atoms with van der Waals surface area (Å²) in [5.74, 6) is -1.27. The van der Waals surface area contributed by atoms with Crippen LogP contribution in [0.4, 0.5) is 18.9 Å². The van der Waals surface area contributed by atoms with Gasteiger partial charge < -0.3 is 29.7 Å². The summed E-state index contributed by atoms with van der Waals surface area (Å²) >= 11 is 6.11. The predicted molar refractivity (Wildman–Crippen MR) is 173 cm³/mol. The van der Waals surface area contributed by atoms with Gasteiger partial charge in [-0.1, -0.05) is 11.6 Å². The van der Waals surface area contributed by atoms with Crippen LogP contribution in [0.15, 0.2) is 53.7 Å². The molecule has 0 atom stereocenters. The lowest BCUT2D eigenvalue weighted by Gasteiger charge is -2.44. The van der Waals surface area contributed by atoms with Gasteiger partial charge in [-0.05, 0) is 43.2 Å². The summed E-state index contributed by atoms with van der Waals surface area (Å²) in [6.07, 6.45) is 0.432. The van der Waals surface area contributed by atoms with Gasteiger partial charge in [0.15, 0.2) is 11.5 Å². The Labute approximate surface area is 290 Å². The minimum atomic E-state index is -4.63. The molecule has 0 saturated carbocycles. The number of ether oxygens (including phenoxy) is 1. The summed E-state index contributed by atoms with van der Waals surface area (Å²) in [4.78, 5) is 51.2. The number of aromatic hydroxyl groups is 1. The molecule has 4 aromatic heterocycles. The third-order valence-corrected chi connectivity index (χ3v) is 9.28. The van der Waals surface area contributed by atoms with Crippen LogP contribution in [-0.2, 0) is 40.8 Å². The fourth-order valence-electron chi connectivity index (χ4n) is 6.53. The molecular formula is C32H29ClF3N9O6. The Balaban J connectivity index is 1.27. The number of benzene rings is 1. The van der Waals surface area contributed by atoms with Crippen LogP contribution in [0.2, 0.25) is 5.02 Å². The van der Waals surface area contributed by atoms with Crippen LogP contribution >= 0.6 is 11.6 Å². The van der Waals surface area contributed by atoms with Crippen LogP contribution in [0.25, 0.3) is 17.2 Å². The van der Waals surface area contributed by atoms with Gasteiger partial charge in [-0.3, -0.25) is 19.1 Å². The summed E-state index contributed by atoms with van der Waals surface area (Å²) in [6.45, 7) is 0.102. The molecule has 15 nitrogen and oxygen atoms in total. The summed E-state index contributed by atoms with van der Waals surface area (Å²) < 4.78 is 50.0. The number of piperidine rings is 1. The van der Waals surface area contributed by atoms with E-state index in [1.54, 1.807) is 6.20 Å². The molecule has 2 aliphatic rings. The third-order valence-electron chi connectivity index (χ3n) is 8.97. The summed E-state index contributed by atoms with van der Waals surface area (Å²) in [6, 6.07) is 5.44. The molecule has 266 valence electrons. The molecule has 51 heavy (non-hydrogen) atoms. The second-order valence-electron chi connectivity index (χ2n) is 12.1. The Morgan fingerprint density at radius 2 is 1.94 bits per heavy atom. The van der Waals surface area contributed by atoms with Crippen LogP contribution < -0.4 is 10.9 Å². The Morgan fingerprint density at radius 1 is 1.16 bits per heavy atom. The van der Waals surface area contributed by atoms with E-state index in [0.717, 1.165) is 16.6 Å². The van der Waals surface area contributed by atoms with Crippen molar-refractivity contribution in [1.29, 1.82) is 0 Å². The number of carbonyl (C=O) groups is 2. The van der Waals surface area contributed by atoms with Crippen molar-refractivity contribution in [2.75, 3.05) is 31.6 Å². The van der Waals surface area contributed by atoms with Gasteiger partial charge in [0, 0.05) is 37.6 Å². The van der Waals surface area contributed by atoms with Crippen molar-refractivity contribution in [1.82, 2.24) is 38.8 Å². The van der Waals surface area contributed by atoms with E-state index in [1.165, 1.54) is 38.7 Å².